The van der Waals surface area contributed by atoms with Gasteiger partial charge in [0, 0.05) is 11.3 Å². The van der Waals surface area contributed by atoms with Crippen LogP contribution in [0.4, 0.5) is 5.69 Å². The van der Waals surface area contributed by atoms with Gasteiger partial charge in [-0.05, 0) is 55.2 Å². The van der Waals surface area contributed by atoms with Gasteiger partial charge in [0.25, 0.3) is 0 Å². The summed E-state index contributed by atoms with van der Waals surface area (Å²) in [7, 11) is 0. The second-order valence-corrected chi connectivity index (χ2v) is 6.16. The van der Waals surface area contributed by atoms with Crippen molar-refractivity contribution in [1.82, 2.24) is 5.43 Å². The van der Waals surface area contributed by atoms with Crippen LogP contribution in [0.15, 0.2) is 54.2 Å². The number of aryl methyl sites for hydroxylation is 1. The van der Waals surface area contributed by atoms with E-state index in [4.69, 9.17) is 4.74 Å². The number of carbonyl (C=O) groups is 2. The van der Waals surface area contributed by atoms with Gasteiger partial charge in [0.05, 0.1) is 12.8 Å². The highest BCUT2D eigenvalue weighted by atomic mass is 16.5. The van der Waals surface area contributed by atoms with Gasteiger partial charge in [0.15, 0.2) is 11.5 Å². The molecule has 2 aromatic rings. The largest absolute Gasteiger partial charge is 0.504 e. The van der Waals surface area contributed by atoms with Crippen molar-refractivity contribution in [2.75, 3.05) is 11.9 Å². The van der Waals surface area contributed by atoms with E-state index in [1.807, 2.05) is 26.0 Å². The fourth-order valence-electron chi connectivity index (χ4n) is 2.57. The van der Waals surface area contributed by atoms with Crippen molar-refractivity contribution in [1.29, 1.82) is 0 Å². The third-order valence-corrected chi connectivity index (χ3v) is 4.05. The van der Waals surface area contributed by atoms with Gasteiger partial charge in [0.2, 0.25) is 0 Å². The first-order chi connectivity index (χ1) is 14.0. The average molecular weight is 395 g/mol. The number of allylic oxidation sites excluding steroid dienone is 1. The third kappa shape index (κ3) is 6.21. The second kappa shape index (κ2) is 10.7. The number of anilines is 1. The topological polar surface area (TPSA) is 100 Å². The van der Waals surface area contributed by atoms with Gasteiger partial charge in [-0.2, -0.15) is 5.10 Å². The number of hydrogen-bond donors (Lipinski definition) is 3. The summed E-state index contributed by atoms with van der Waals surface area (Å²) in [5.41, 5.74) is 5.06. The summed E-state index contributed by atoms with van der Waals surface area (Å²) in [6.45, 7) is 7.89. The Bertz CT molecular complexity index is 905. The lowest BCUT2D eigenvalue weighted by Gasteiger charge is -2.10. The number of phenolic OH excluding ortho intramolecular Hbond substituents is 1. The van der Waals surface area contributed by atoms with Crippen molar-refractivity contribution in [2.45, 2.75) is 26.7 Å². The van der Waals surface area contributed by atoms with Gasteiger partial charge in [-0.15, -0.1) is 6.58 Å². The summed E-state index contributed by atoms with van der Waals surface area (Å²) in [5, 5.41) is 16.5. The standard InChI is InChI=1S/C22H25N3O4/c1-4-7-17-12-16(13-19(20(17)26)29-6-3)14-23-25-22(28)21(27)24-18-10-8-15(5-2)9-11-18/h4,8-14,26H,1,5-7H2,2-3H3,(H,24,27)(H,25,28)/b23-14+. The number of ether oxygens (including phenoxy) is 1. The minimum Gasteiger partial charge on any atom is -0.504 e. The lowest BCUT2D eigenvalue weighted by molar-refractivity contribution is -0.136. The molecule has 2 amide bonds. The quantitative estimate of drug-likeness (QED) is 0.277. The fourth-order valence-corrected chi connectivity index (χ4v) is 2.57. The number of benzene rings is 2. The minimum atomic E-state index is -0.893. The van der Waals surface area contributed by atoms with Crippen LogP contribution in [0.1, 0.15) is 30.5 Å². The molecule has 0 fully saturated rings. The lowest BCUT2D eigenvalue weighted by Crippen LogP contribution is -2.32. The normalized spacial score (nSPS) is 10.6. The highest BCUT2D eigenvalue weighted by molar-refractivity contribution is 6.39. The Labute approximate surface area is 170 Å². The molecule has 0 bridgehead atoms. The molecule has 0 heterocycles. The summed E-state index contributed by atoms with van der Waals surface area (Å²) < 4.78 is 5.42. The summed E-state index contributed by atoms with van der Waals surface area (Å²) in [6, 6.07) is 10.5. The van der Waals surface area contributed by atoms with E-state index in [1.165, 1.54) is 6.21 Å². The molecule has 152 valence electrons. The number of hydrogen-bond acceptors (Lipinski definition) is 5. The van der Waals surface area contributed by atoms with E-state index < -0.39 is 11.8 Å². The monoisotopic (exact) mass is 395 g/mol. The van der Waals surface area contributed by atoms with Crippen LogP contribution < -0.4 is 15.5 Å². The van der Waals surface area contributed by atoms with Gasteiger partial charge < -0.3 is 15.2 Å². The minimum absolute atomic E-state index is 0.0430. The zero-order valence-corrected chi connectivity index (χ0v) is 16.6. The molecule has 0 aliphatic carbocycles. The molecule has 0 aliphatic rings. The Hall–Kier alpha value is -3.61. The van der Waals surface area contributed by atoms with E-state index in [9.17, 15) is 14.7 Å². The van der Waals surface area contributed by atoms with Crippen LogP contribution in [0.5, 0.6) is 11.5 Å². The first-order valence-corrected chi connectivity index (χ1v) is 9.31. The number of aromatic hydroxyl groups is 1. The van der Waals surface area contributed by atoms with E-state index in [-0.39, 0.29) is 5.75 Å². The number of carbonyl (C=O) groups excluding carboxylic acids is 2. The first kappa shape index (κ1) is 21.7. The molecule has 0 spiro atoms. The van der Waals surface area contributed by atoms with Gasteiger partial charge in [-0.25, -0.2) is 5.43 Å². The van der Waals surface area contributed by atoms with Crippen molar-refractivity contribution >= 4 is 23.7 Å². The Morgan fingerprint density at radius 1 is 1.17 bits per heavy atom. The smallest absolute Gasteiger partial charge is 0.329 e. The third-order valence-electron chi connectivity index (χ3n) is 4.05. The highest BCUT2D eigenvalue weighted by Gasteiger charge is 2.13. The highest BCUT2D eigenvalue weighted by Crippen LogP contribution is 2.31. The zero-order valence-electron chi connectivity index (χ0n) is 16.6. The molecule has 0 aliphatic heterocycles. The van der Waals surface area contributed by atoms with Crippen molar-refractivity contribution in [3.63, 3.8) is 0 Å². The van der Waals surface area contributed by atoms with Crippen LogP contribution >= 0.6 is 0 Å². The maximum atomic E-state index is 12.0. The Balaban J connectivity index is 2.02. The molecular formula is C22H25N3O4. The molecule has 7 nitrogen and oxygen atoms in total. The summed E-state index contributed by atoms with van der Waals surface area (Å²) in [5.74, 6) is -1.36. The first-order valence-electron chi connectivity index (χ1n) is 9.31. The maximum Gasteiger partial charge on any atom is 0.329 e. The predicted octanol–water partition coefficient (Wildman–Crippen LogP) is 3.17. The molecule has 0 atom stereocenters. The van der Waals surface area contributed by atoms with Crippen LogP contribution in [0.3, 0.4) is 0 Å². The molecule has 0 saturated carbocycles. The molecular weight excluding hydrogens is 370 g/mol. The Morgan fingerprint density at radius 2 is 1.90 bits per heavy atom. The van der Waals surface area contributed by atoms with E-state index >= 15 is 0 Å². The van der Waals surface area contributed by atoms with Crippen molar-refractivity contribution in [3.05, 3.63) is 65.7 Å². The Kier molecular flexibility index (Phi) is 7.97. The average Bonchev–Trinajstić information content (AvgIpc) is 2.72. The molecule has 2 aromatic carbocycles. The van der Waals surface area contributed by atoms with E-state index in [0.717, 1.165) is 12.0 Å². The SMILES string of the molecule is C=CCc1cc(/C=N/NC(=O)C(=O)Nc2ccc(CC)cc2)cc(OCC)c1O. The van der Waals surface area contributed by atoms with E-state index in [0.29, 0.717) is 35.6 Å². The van der Waals surface area contributed by atoms with Gasteiger partial charge >= 0.3 is 11.8 Å². The number of phenols is 1. The van der Waals surface area contributed by atoms with Gasteiger partial charge in [-0.3, -0.25) is 9.59 Å². The number of amides is 2. The number of hydrazone groups is 1. The second-order valence-electron chi connectivity index (χ2n) is 6.16. The molecule has 2 rings (SSSR count). The molecule has 3 N–H and O–H groups in total. The van der Waals surface area contributed by atoms with Crippen LogP contribution in [-0.4, -0.2) is 29.7 Å². The lowest BCUT2D eigenvalue weighted by atomic mass is 10.1. The van der Waals surface area contributed by atoms with E-state index in [2.05, 4.69) is 22.4 Å². The van der Waals surface area contributed by atoms with Crippen LogP contribution in [0.2, 0.25) is 0 Å². The Morgan fingerprint density at radius 3 is 2.52 bits per heavy atom. The summed E-state index contributed by atoms with van der Waals surface area (Å²) in [4.78, 5) is 23.9. The molecule has 0 unspecified atom stereocenters. The number of nitrogens with one attached hydrogen (secondary N) is 2. The van der Waals surface area contributed by atoms with Crippen molar-refractivity contribution in [2.24, 2.45) is 5.10 Å². The van der Waals surface area contributed by atoms with Gasteiger partial charge in [0.1, 0.15) is 0 Å². The van der Waals surface area contributed by atoms with Crippen LogP contribution in [-0.2, 0) is 22.4 Å². The van der Waals surface area contributed by atoms with Crippen LogP contribution in [0.25, 0.3) is 0 Å². The molecule has 0 saturated heterocycles. The van der Waals surface area contributed by atoms with Crippen molar-refractivity contribution in [3.8, 4) is 11.5 Å². The van der Waals surface area contributed by atoms with E-state index in [1.54, 1.807) is 30.3 Å². The number of nitrogens with zero attached hydrogens (tertiary/aromatic N) is 1. The van der Waals surface area contributed by atoms with Gasteiger partial charge in [-0.1, -0.05) is 25.1 Å². The molecule has 0 aromatic heterocycles. The molecule has 29 heavy (non-hydrogen) atoms. The summed E-state index contributed by atoms with van der Waals surface area (Å²) in [6.07, 6.45) is 4.36. The van der Waals surface area contributed by atoms with Crippen molar-refractivity contribution < 1.29 is 19.4 Å². The molecule has 7 heteroatoms. The number of rotatable bonds is 8. The fraction of sp³-hybridized carbons (Fsp3) is 0.227. The zero-order chi connectivity index (χ0) is 21.2. The van der Waals surface area contributed by atoms with Crippen LogP contribution in [0, 0.1) is 0 Å². The summed E-state index contributed by atoms with van der Waals surface area (Å²) >= 11 is 0. The molecule has 0 radical (unpaired) electrons. The predicted molar refractivity (Wildman–Crippen MR) is 113 cm³/mol. The maximum absolute atomic E-state index is 12.0.